The van der Waals surface area contributed by atoms with Crippen molar-refractivity contribution in [3.63, 3.8) is 0 Å². The summed E-state index contributed by atoms with van der Waals surface area (Å²) in [6, 6.07) is 6.83. The predicted molar refractivity (Wildman–Crippen MR) is 99.8 cm³/mol. The average Bonchev–Trinajstić information content (AvgIpc) is 3.21. The number of likely N-dealkylation sites (tertiary alicyclic amines) is 1. The van der Waals surface area contributed by atoms with E-state index in [2.05, 4.69) is 0 Å². The molecule has 0 aromatic heterocycles. The van der Waals surface area contributed by atoms with E-state index in [1.807, 2.05) is 4.90 Å². The Labute approximate surface area is 164 Å². The summed E-state index contributed by atoms with van der Waals surface area (Å²) in [6.07, 6.45) is 2.18. The van der Waals surface area contributed by atoms with E-state index in [0.29, 0.717) is 76.5 Å². The lowest BCUT2D eigenvalue weighted by Gasteiger charge is -2.37. The number of benzene rings is 1. The van der Waals surface area contributed by atoms with Gasteiger partial charge in [0, 0.05) is 63.2 Å². The van der Waals surface area contributed by atoms with Gasteiger partial charge in [-0.15, -0.1) is 0 Å². The van der Waals surface area contributed by atoms with Gasteiger partial charge in [0.2, 0.25) is 6.41 Å². The van der Waals surface area contributed by atoms with E-state index in [0.717, 1.165) is 6.41 Å². The van der Waals surface area contributed by atoms with Crippen LogP contribution in [0.5, 0.6) is 0 Å². The monoisotopic (exact) mass is 387 g/mol. The van der Waals surface area contributed by atoms with E-state index in [1.165, 1.54) is 0 Å². The van der Waals surface area contributed by atoms with Crippen LogP contribution in [0.1, 0.15) is 33.6 Å². The standard InChI is InChI=1S/C20H25N3O5/c24-15-21-9-11-23(12-10-21)19(26)17-3-1-16(2-4-17)18(25)22-7-5-20(6-8-22)27-13-14-28-20/h1-4,15H,5-14H2. The van der Waals surface area contributed by atoms with Gasteiger partial charge in [0.15, 0.2) is 5.79 Å². The van der Waals surface area contributed by atoms with Gasteiger partial charge in [-0.25, -0.2) is 0 Å². The molecule has 0 N–H and O–H groups in total. The van der Waals surface area contributed by atoms with Gasteiger partial charge in [-0.05, 0) is 24.3 Å². The fourth-order valence-electron chi connectivity index (χ4n) is 3.99. The Bertz CT molecular complexity index is 727. The Kier molecular flexibility index (Phi) is 5.32. The fraction of sp³-hybridized carbons (Fsp3) is 0.550. The van der Waals surface area contributed by atoms with Crippen molar-refractivity contribution >= 4 is 18.2 Å². The number of carbonyl (C=O) groups excluding carboxylic acids is 3. The highest BCUT2D eigenvalue weighted by Crippen LogP contribution is 2.31. The van der Waals surface area contributed by atoms with Gasteiger partial charge in [-0.1, -0.05) is 0 Å². The zero-order valence-corrected chi connectivity index (χ0v) is 15.8. The molecule has 1 aromatic carbocycles. The minimum Gasteiger partial charge on any atom is -0.347 e. The lowest BCUT2D eigenvalue weighted by atomic mass is 10.0. The van der Waals surface area contributed by atoms with E-state index in [1.54, 1.807) is 34.1 Å². The molecular weight excluding hydrogens is 362 g/mol. The van der Waals surface area contributed by atoms with Crippen molar-refractivity contribution in [3.05, 3.63) is 35.4 Å². The summed E-state index contributed by atoms with van der Waals surface area (Å²) in [5.41, 5.74) is 1.13. The Morgan fingerprint density at radius 1 is 0.786 bits per heavy atom. The predicted octanol–water partition coefficient (Wildman–Crippen LogP) is 0.580. The smallest absolute Gasteiger partial charge is 0.253 e. The molecule has 1 aromatic rings. The molecule has 28 heavy (non-hydrogen) atoms. The Morgan fingerprint density at radius 2 is 1.25 bits per heavy atom. The Hall–Kier alpha value is -2.45. The number of nitrogens with zero attached hydrogens (tertiary/aromatic N) is 3. The van der Waals surface area contributed by atoms with Crippen LogP contribution in [-0.4, -0.2) is 91.2 Å². The summed E-state index contributed by atoms with van der Waals surface area (Å²) < 4.78 is 11.4. The van der Waals surface area contributed by atoms with Crippen molar-refractivity contribution in [2.24, 2.45) is 0 Å². The lowest BCUT2D eigenvalue weighted by Crippen LogP contribution is -2.48. The van der Waals surface area contributed by atoms with Crippen LogP contribution < -0.4 is 0 Å². The average molecular weight is 387 g/mol. The SMILES string of the molecule is O=CN1CCN(C(=O)c2ccc(C(=O)N3CCC4(CC3)OCCO4)cc2)CC1. The second kappa shape index (κ2) is 7.89. The number of hydrogen-bond donors (Lipinski definition) is 0. The normalized spacial score (nSPS) is 21.8. The molecule has 0 atom stereocenters. The van der Waals surface area contributed by atoms with Crippen LogP contribution in [0.25, 0.3) is 0 Å². The highest BCUT2D eigenvalue weighted by atomic mass is 16.7. The highest BCUT2D eigenvalue weighted by Gasteiger charge is 2.40. The van der Waals surface area contributed by atoms with Crippen molar-refractivity contribution in [1.82, 2.24) is 14.7 Å². The molecule has 8 nitrogen and oxygen atoms in total. The summed E-state index contributed by atoms with van der Waals surface area (Å²) in [7, 11) is 0. The zero-order valence-electron chi connectivity index (χ0n) is 15.8. The number of rotatable bonds is 3. The van der Waals surface area contributed by atoms with E-state index in [9.17, 15) is 14.4 Å². The largest absolute Gasteiger partial charge is 0.347 e. The summed E-state index contributed by atoms with van der Waals surface area (Å²) in [5.74, 6) is -0.604. The minimum atomic E-state index is -0.499. The van der Waals surface area contributed by atoms with Crippen LogP contribution in [0, 0.1) is 0 Å². The minimum absolute atomic E-state index is 0.0357. The van der Waals surface area contributed by atoms with Crippen molar-refractivity contribution < 1.29 is 23.9 Å². The molecule has 0 saturated carbocycles. The molecule has 0 aliphatic carbocycles. The van der Waals surface area contributed by atoms with Crippen LogP contribution in [-0.2, 0) is 14.3 Å². The maximum Gasteiger partial charge on any atom is 0.253 e. The van der Waals surface area contributed by atoms with E-state index in [-0.39, 0.29) is 11.8 Å². The maximum absolute atomic E-state index is 12.8. The third kappa shape index (κ3) is 3.74. The number of carbonyl (C=O) groups is 3. The van der Waals surface area contributed by atoms with Gasteiger partial charge in [0.1, 0.15) is 0 Å². The van der Waals surface area contributed by atoms with E-state index >= 15 is 0 Å². The molecule has 0 unspecified atom stereocenters. The summed E-state index contributed by atoms with van der Waals surface area (Å²) in [5, 5.41) is 0. The first kappa shape index (κ1) is 18.9. The third-order valence-electron chi connectivity index (χ3n) is 5.76. The molecule has 4 rings (SSSR count). The number of hydrogen-bond acceptors (Lipinski definition) is 5. The van der Waals surface area contributed by atoms with E-state index in [4.69, 9.17) is 9.47 Å². The van der Waals surface area contributed by atoms with Gasteiger partial charge in [0.05, 0.1) is 13.2 Å². The van der Waals surface area contributed by atoms with Gasteiger partial charge < -0.3 is 24.2 Å². The molecule has 3 aliphatic rings. The quantitative estimate of drug-likeness (QED) is 0.709. The number of piperazine rings is 1. The number of ether oxygens (including phenoxy) is 2. The number of piperidine rings is 1. The third-order valence-corrected chi connectivity index (χ3v) is 5.76. The first-order valence-electron chi connectivity index (χ1n) is 9.76. The first-order valence-corrected chi connectivity index (χ1v) is 9.76. The molecule has 3 fully saturated rings. The van der Waals surface area contributed by atoms with Crippen molar-refractivity contribution in [1.29, 1.82) is 0 Å². The van der Waals surface area contributed by atoms with Crippen molar-refractivity contribution in [2.45, 2.75) is 18.6 Å². The van der Waals surface area contributed by atoms with Crippen molar-refractivity contribution in [2.75, 3.05) is 52.5 Å². The lowest BCUT2D eigenvalue weighted by molar-refractivity contribution is -0.181. The van der Waals surface area contributed by atoms with E-state index < -0.39 is 5.79 Å². The van der Waals surface area contributed by atoms with Crippen LogP contribution in [0.4, 0.5) is 0 Å². The molecular formula is C20H25N3O5. The zero-order chi connectivity index (χ0) is 19.6. The van der Waals surface area contributed by atoms with Crippen LogP contribution >= 0.6 is 0 Å². The first-order chi connectivity index (χ1) is 13.6. The second-order valence-electron chi connectivity index (χ2n) is 7.41. The molecule has 3 aliphatic heterocycles. The maximum atomic E-state index is 12.8. The molecule has 3 saturated heterocycles. The molecule has 0 bridgehead atoms. The Balaban J connectivity index is 1.34. The van der Waals surface area contributed by atoms with Gasteiger partial charge in [0.25, 0.3) is 11.8 Å². The van der Waals surface area contributed by atoms with Gasteiger partial charge >= 0.3 is 0 Å². The highest BCUT2D eigenvalue weighted by molar-refractivity contribution is 5.98. The molecule has 0 radical (unpaired) electrons. The van der Waals surface area contributed by atoms with Crippen molar-refractivity contribution in [3.8, 4) is 0 Å². The van der Waals surface area contributed by atoms with Crippen LogP contribution in [0.2, 0.25) is 0 Å². The Morgan fingerprint density at radius 3 is 1.71 bits per heavy atom. The molecule has 150 valence electrons. The molecule has 3 amide bonds. The van der Waals surface area contributed by atoms with Crippen LogP contribution in [0.15, 0.2) is 24.3 Å². The molecule has 3 heterocycles. The summed E-state index contributed by atoms with van der Waals surface area (Å²) in [4.78, 5) is 41.4. The summed E-state index contributed by atoms with van der Waals surface area (Å²) in [6.45, 7) is 4.59. The van der Waals surface area contributed by atoms with Gasteiger partial charge in [-0.3, -0.25) is 14.4 Å². The fourth-order valence-corrected chi connectivity index (χ4v) is 3.99. The summed E-state index contributed by atoms with van der Waals surface area (Å²) >= 11 is 0. The van der Waals surface area contributed by atoms with Crippen LogP contribution in [0.3, 0.4) is 0 Å². The molecule has 1 spiro atoms. The molecule has 8 heteroatoms. The van der Waals surface area contributed by atoms with Gasteiger partial charge in [-0.2, -0.15) is 0 Å². The second-order valence-corrected chi connectivity index (χ2v) is 7.41. The topological polar surface area (TPSA) is 79.4 Å². The number of amides is 3.